The van der Waals surface area contributed by atoms with Crippen molar-refractivity contribution >= 4 is 27.8 Å². The van der Waals surface area contributed by atoms with E-state index in [1.165, 1.54) is 12.1 Å². The molecular weight excluding hydrogens is 348 g/mol. The highest BCUT2D eigenvalue weighted by atomic mass is 32.2. The van der Waals surface area contributed by atoms with Gasteiger partial charge in [-0.1, -0.05) is 12.8 Å². The summed E-state index contributed by atoms with van der Waals surface area (Å²) in [5.41, 5.74) is 0.0290. The highest BCUT2D eigenvalue weighted by molar-refractivity contribution is 7.90. The summed E-state index contributed by atoms with van der Waals surface area (Å²) in [6, 6.07) is 2.73. The normalized spacial score (nSPS) is 19.4. The summed E-state index contributed by atoms with van der Waals surface area (Å²) in [4.78, 5) is 35.5. The van der Waals surface area contributed by atoms with Crippen molar-refractivity contribution < 1.29 is 27.9 Å². The van der Waals surface area contributed by atoms with E-state index in [2.05, 4.69) is 5.32 Å². The van der Waals surface area contributed by atoms with Crippen LogP contribution in [0, 0.1) is 5.92 Å². The second kappa shape index (κ2) is 6.14. The molecule has 0 spiro atoms. The topological polar surface area (TPSA) is 121 Å². The van der Waals surface area contributed by atoms with Gasteiger partial charge in [-0.3, -0.25) is 9.59 Å². The molecule has 0 bridgehead atoms. The van der Waals surface area contributed by atoms with E-state index < -0.39 is 33.8 Å². The van der Waals surface area contributed by atoms with Gasteiger partial charge in [0.15, 0.2) is 0 Å². The second-order valence-electron chi connectivity index (χ2n) is 6.23. The van der Waals surface area contributed by atoms with Crippen molar-refractivity contribution in [2.24, 2.45) is 5.92 Å². The van der Waals surface area contributed by atoms with Crippen LogP contribution < -0.4 is 5.32 Å². The zero-order chi connectivity index (χ0) is 18.4. The molecule has 8 nitrogen and oxygen atoms in total. The number of fused-ring (bicyclic) bond motifs is 1. The van der Waals surface area contributed by atoms with Crippen LogP contribution >= 0.6 is 0 Å². The second-order valence-corrected chi connectivity index (χ2v) is 8.06. The van der Waals surface area contributed by atoms with Crippen LogP contribution in [0.2, 0.25) is 0 Å². The number of amides is 2. The number of carboxylic acids is 1. The molecule has 1 aromatic rings. The number of sulfonamides is 1. The summed E-state index contributed by atoms with van der Waals surface area (Å²) in [6.07, 6.45) is 2.25. The largest absolute Gasteiger partial charge is 0.480 e. The predicted molar refractivity (Wildman–Crippen MR) is 86.6 cm³/mol. The van der Waals surface area contributed by atoms with Crippen molar-refractivity contribution in [3.05, 3.63) is 29.3 Å². The van der Waals surface area contributed by atoms with Crippen LogP contribution in [-0.4, -0.2) is 48.2 Å². The molecule has 2 aliphatic rings. The number of rotatable bonds is 6. The lowest BCUT2D eigenvalue weighted by Gasteiger charge is -2.14. The Balaban J connectivity index is 1.86. The van der Waals surface area contributed by atoms with Crippen molar-refractivity contribution in [3.63, 3.8) is 0 Å². The first kappa shape index (κ1) is 17.4. The van der Waals surface area contributed by atoms with Crippen molar-refractivity contribution in [2.75, 3.05) is 6.54 Å². The van der Waals surface area contributed by atoms with E-state index in [9.17, 15) is 27.9 Å². The molecule has 1 aliphatic carbocycles. The van der Waals surface area contributed by atoms with Crippen LogP contribution in [-0.2, 0) is 14.8 Å². The van der Waals surface area contributed by atoms with E-state index in [0.29, 0.717) is 12.3 Å². The number of hydrogen-bond donors (Lipinski definition) is 2. The Morgan fingerprint density at radius 1 is 1.36 bits per heavy atom. The van der Waals surface area contributed by atoms with Gasteiger partial charge in [-0.15, -0.1) is 0 Å². The van der Waals surface area contributed by atoms with Crippen LogP contribution in [0.25, 0.3) is 0 Å². The Hall–Kier alpha value is -2.42. The summed E-state index contributed by atoms with van der Waals surface area (Å²) < 4.78 is 25.5. The Morgan fingerprint density at radius 2 is 2.04 bits per heavy atom. The number of carbonyl (C=O) groups excluding carboxylic acids is 2. The van der Waals surface area contributed by atoms with Crippen LogP contribution in [0.1, 0.15) is 46.9 Å². The van der Waals surface area contributed by atoms with Crippen LogP contribution in [0.3, 0.4) is 0 Å². The van der Waals surface area contributed by atoms with Gasteiger partial charge in [-0.2, -0.15) is 0 Å². The molecule has 0 aromatic heterocycles. The number of carboxylic acid groups (broad SMARTS) is 1. The number of aliphatic carboxylic acids is 1. The average molecular weight is 366 g/mol. The molecule has 1 saturated carbocycles. The molecule has 3 rings (SSSR count). The van der Waals surface area contributed by atoms with E-state index in [1.54, 1.807) is 6.92 Å². The van der Waals surface area contributed by atoms with Crippen LogP contribution in [0.5, 0.6) is 0 Å². The zero-order valence-electron chi connectivity index (χ0n) is 13.6. The first-order valence-electron chi connectivity index (χ1n) is 8.00. The van der Waals surface area contributed by atoms with Gasteiger partial charge in [0.05, 0.1) is 5.56 Å². The van der Waals surface area contributed by atoms with E-state index in [1.807, 2.05) is 0 Å². The molecule has 134 valence electrons. The molecule has 0 saturated heterocycles. The number of hydrogen-bond acceptors (Lipinski definition) is 5. The molecule has 1 aliphatic heterocycles. The summed E-state index contributed by atoms with van der Waals surface area (Å²) in [5.74, 6) is -2.12. The molecule has 1 heterocycles. The molecule has 0 radical (unpaired) electrons. The maximum Gasteiger partial charge on any atom is 0.326 e. The molecule has 1 unspecified atom stereocenters. The Bertz CT molecular complexity index is 859. The lowest BCUT2D eigenvalue weighted by molar-refractivity contribution is -0.139. The van der Waals surface area contributed by atoms with Crippen molar-refractivity contribution in [3.8, 4) is 0 Å². The third kappa shape index (κ3) is 3.11. The molecule has 1 aromatic carbocycles. The van der Waals surface area contributed by atoms with Crippen molar-refractivity contribution in [2.45, 2.75) is 37.1 Å². The van der Waals surface area contributed by atoms with E-state index in [-0.39, 0.29) is 22.6 Å². The maximum absolute atomic E-state index is 12.4. The van der Waals surface area contributed by atoms with Gasteiger partial charge in [0, 0.05) is 12.1 Å². The molecule has 2 amide bonds. The molecular formula is C16H18N2O6S. The molecule has 2 N–H and O–H groups in total. The predicted octanol–water partition coefficient (Wildman–Crippen LogP) is 0.834. The zero-order valence-corrected chi connectivity index (χ0v) is 14.4. The molecule has 1 fully saturated rings. The first-order valence-corrected chi connectivity index (χ1v) is 9.44. The molecule has 1 atom stereocenters. The summed E-state index contributed by atoms with van der Waals surface area (Å²) in [6.45, 7) is 1.55. The SMILES string of the molecule is CCN1C(=O)c2ccc(C(=O)NC(CC3CC3)C(=O)O)cc2S1(=O)=O. The third-order valence-corrected chi connectivity index (χ3v) is 6.32. The van der Waals surface area contributed by atoms with E-state index in [0.717, 1.165) is 23.2 Å². The minimum atomic E-state index is -3.97. The van der Waals surface area contributed by atoms with Crippen molar-refractivity contribution in [1.29, 1.82) is 0 Å². The van der Waals surface area contributed by atoms with Gasteiger partial charge in [0.1, 0.15) is 10.9 Å². The van der Waals surface area contributed by atoms with E-state index >= 15 is 0 Å². The molecule has 9 heteroatoms. The Morgan fingerprint density at radius 3 is 2.60 bits per heavy atom. The van der Waals surface area contributed by atoms with Crippen LogP contribution in [0.4, 0.5) is 0 Å². The summed E-state index contributed by atoms with van der Waals surface area (Å²) >= 11 is 0. The summed E-state index contributed by atoms with van der Waals surface area (Å²) in [7, 11) is -3.97. The monoisotopic (exact) mass is 366 g/mol. The van der Waals surface area contributed by atoms with Gasteiger partial charge in [0.25, 0.3) is 21.8 Å². The average Bonchev–Trinajstić information content (AvgIpc) is 3.34. The van der Waals surface area contributed by atoms with Gasteiger partial charge in [-0.25, -0.2) is 17.5 Å². The van der Waals surface area contributed by atoms with Gasteiger partial charge < -0.3 is 10.4 Å². The maximum atomic E-state index is 12.4. The number of nitrogens with zero attached hydrogens (tertiary/aromatic N) is 1. The van der Waals surface area contributed by atoms with E-state index in [4.69, 9.17) is 0 Å². The minimum Gasteiger partial charge on any atom is -0.480 e. The lowest BCUT2D eigenvalue weighted by Crippen LogP contribution is -2.41. The van der Waals surface area contributed by atoms with Gasteiger partial charge in [0.2, 0.25) is 0 Å². The highest BCUT2D eigenvalue weighted by Gasteiger charge is 2.40. The Kier molecular flexibility index (Phi) is 4.28. The molecule has 25 heavy (non-hydrogen) atoms. The summed E-state index contributed by atoms with van der Waals surface area (Å²) in [5, 5.41) is 11.7. The lowest BCUT2D eigenvalue weighted by atomic mass is 10.1. The van der Waals surface area contributed by atoms with Gasteiger partial charge >= 0.3 is 5.97 Å². The number of benzene rings is 1. The first-order chi connectivity index (χ1) is 11.8. The fraction of sp³-hybridized carbons (Fsp3) is 0.438. The number of nitrogens with one attached hydrogen (secondary N) is 1. The quantitative estimate of drug-likeness (QED) is 0.769. The Labute approximate surface area is 144 Å². The third-order valence-electron chi connectivity index (χ3n) is 4.43. The fourth-order valence-electron chi connectivity index (χ4n) is 2.88. The van der Waals surface area contributed by atoms with Gasteiger partial charge in [-0.05, 0) is 37.5 Å². The standard InChI is InChI=1S/C16H18N2O6S/c1-2-18-15(20)11-6-5-10(8-13(11)25(18,23)24)14(19)17-12(16(21)22)7-9-3-4-9/h5-6,8-9,12H,2-4,7H2,1H3,(H,17,19)(H,21,22). The smallest absolute Gasteiger partial charge is 0.326 e. The number of carbonyl (C=O) groups is 3. The van der Waals surface area contributed by atoms with Crippen molar-refractivity contribution in [1.82, 2.24) is 9.62 Å². The highest BCUT2D eigenvalue weighted by Crippen LogP contribution is 2.34. The fourth-order valence-corrected chi connectivity index (χ4v) is 4.48. The minimum absolute atomic E-state index is 0.000146. The van der Waals surface area contributed by atoms with Crippen LogP contribution in [0.15, 0.2) is 23.1 Å².